The molecular weight excluding hydrogens is 404 g/mol. The number of nitrogens with zero attached hydrogens (tertiary/aromatic N) is 1. The van der Waals surface area contributed by atoms with Crippen molar-refractivity contribution < 1.29 is 22.7 Å². The molecule has 0 radical (unpaired) electrons. The maximum atomic E-state index is 12.3. The molecule has 7 nitrogen and oxygen atoms in total. The Balaban J connectivity index is 1.39. The van der Waals surface area contributed by atoms with E-state index in [-0.39, 0.29) is 18.4 Å². The molecule has 2 aromatic rings. The van der Waals surface area contributed by atoms with Gasteiger partial charge in [0.25, 0.3) is 11.8 Å². The minimum Gasteiger partial charge on any atom is -0.356 e. The van der Waals surface area contributed by atoms with Crippen LogP contribution in [0, 0.1) is 0 Å². The minimum absolute atomic E-state index is 0.182. The van der Waals surface area contributed by atoms with Crippen molar-refractivity contribution in [3.05, 3.63) is 71.3 Å². The number of unbranched alkanes of at least 4 members (excludes halogenated alkanes) is 3. The zero-order valence-corrected chi connectivity index (χ0v) is 17.5. The number of amides is 2. The Morgan fingerprint density at radius 2 is 1.40 bits per heavy atom. The molecule has 30 heavy (non-hydrogen) atoms. The first-order valence-corrected chi connectivity index (χ1v) is 11.6. The molecule has 1 aliphatic rings. The van der Waals surface area contributed by atoms with Gasteiger partial charge in [0, 0.05) is 6.54 Å². The van der Waals surface area contributed by atoms with Gasteiger partial charge >= 0.3 is 0 Å². The smallest absolute Gasteiger partial charge is 0.261 e. The lowest BCUT2D eigenvalue weighted by molar-refractivity contribution is 0.0651. The molecule has 1 unspecified atom stereocenters. The molecule has 0 bridgehead atoms. The SMILES string of the molecule is NS(=O)(=O)C(CCCCCCN1C(=O)c2ccccc2C1=O)OCc1ccccc1. The third-order valence-electron chi connectivity index (χ3n) is 5.09. The van der Waals surface area contributed by atoms with E-state index < -0.39 is 15.5 Å². The lowest BCUT2D eigenvalue weighted by Gasteiger charge is -2.16. The summed E-state index contributed by atoms with van der Waals surface area (Å²) in [6.45, 7) is 0.539. The summed E-state index contributed by atoms with van der Waals surface area (Å²) in [4.78, 5) is 25.9. The van der Waals surface area contributed by atoms with E-state index in [4.69, 9.17) is 9.88 Å². The van der Waals surface area contributed by atoms with E-state index in [0.717, 1.165) is 18.4 Å². The summed E-state index contributed by atoms with van der Waals surface area (Å²) < 4.78 is 29.1. The van der Waals surface area contributed by atoms with Gasteiger partial charge in [0.1, 0.15) is 0 Å². The van der Waals surface area contributed by atoms with Crippen LogP contribution in [-0.4, -0.2) is 37.1 Å². The lowest BCUT2D eigenvalue weighted by atomic mass is 10.1. The summed E-state index contributed by atoms with van der Waals surface area (Å²) in [5.41, 5.74) is 0.740. The monoisotopic (exact) mass is 430 g/mol. The molecule has 1 heterocycles. The van der Waals surface area contributed by atoms with Crippen LogP contribution < -0.4 is 5.14 Å². The summed E-state index contributed by atoms with van der Waals surface area (Å²) >= 11 is 0. The average molecular weight is 431 g/mol. The summed E-state index contributed by atoms with van der Waals surface area (Å²) in [7, 11) is -3.81. The van der Waals surface area contributed by atoms with Crippen molar-refractivity contribution >= 4 is 21.8 Å². The standard InChI is InChI=1S/C22H26N2O5S/c23-30(27,28)20(29-16-17-10-4-3-5-11-17)14-6-1-2-9-15-24-21(25)18-12-7-8-13-19(18)22(24)26/h3-5,7-8,10-13,20H,1-2,6,9,14-16H2,(H2,23,27,28). The van der Waals surface area contributed by atoms with E-state index in [1.54, 1.807) is 24.3 Å². The van der Waals surface area contributed by atoms with Gasteiger partial charge < -0.3 is 4.74 Å². The third-order valence-corrected chi connectivity index (χ3v) is 6.20. The molecule has 0 saturated heterocycles. The molecule has 0 fully saturated rings. The minimum atomic E-state index is -3.81. The number of carbonyl (C=O) groups excluding carboxylic acids is 2. The van der Waals surface area contributed by atoms with E-state index >= 15 is 0 Å². The Kier molecular flexibility index (Phi) is 7.36. The Hall–Kier alpha value is -2.55. The first kappa shape index (κ1) is 22.1. The summed E-state index contributed by atoms with van der Waals surface area (Å²) in [6, 6.07) is 16.1. The van der Waals surface area contributed by atoms with Crippen molar-refractivity contribution in [2.24, 2.45) is 5.14 Å². The number of nitrogens with two attached hydrogens (primary N) is 1. The Bertz CT molecular complexity index is 957. The van der Waals surface area contributed by atoms with Crippen LogP contribution in [0.2, 0.25) is 0 Å². The largest absolute Gasteiger partial charge is 0.356 e. The van der Waals surface area contributed by atoms with E-state index in [9.17, 15) is 18.0 Å². The molecule has 1 atom stereocenters. The molecule has 0 spiro atoms. The number of fused-ring (bicyclic) bond motifs is 1. The van der Waals surface area contributed by atoms with Crippen molar-refractivity contribution in [2.75, 3.05) is 6.54 Å². The highest BCUT2D eigenvalue weighted by Crippen LogP contribution is 2.23. The number of carbonyl (C=O) groups is 2. The van der Waals surface area contributed by atoms with E-state index in [2.05, 4.69) is 0 Å². The molecule has 8 heteroatoms. The van der Waals surface area contributed by atoms with Crippen molar-refractivity contribution in [3.63, 3.8) is 0 Å². The second-order valence-electron chi connectivity index (χ2n) is 7.33. The maximum Gasteiger partial charge on any atom is 0.261 e. The number of hydrogen-bond donors (Lipinski definition) is 1. The predicted molar refractivity (Wildman–Crippen MR) is 113 cm³/mol. The fourth-order valence-electron chi connectivity index (χ4n) is 3.48. The highest BCUT2D eigenvalue weighted by molar-refractivity contribution is 7.89. The summed E-state index contributed by atoms with van der Waals surface area (Å²) in [6.07, 6.45) is 3.11. The topological polar surface area (TPSA) is 107 Å². The normalized spacial score (nSPS) is 14.8. The second-order valence-corrected chi connectivity index (χ2v) is 9.03. The third kappa shape index (κ3) is 5.53. The van der Waals surface area contributed by atoms with Gasteiger partial charge in [-0.15, -0.1) is 0 Å². The van der Waals surface area contributed by atoms with E-state index in [1.807, 2.05) is 30.3 Å². The zero-order valence-electron chi connectivity index (χ0n) is 16.7. The van der Waals surface area contributed by atoms with Crippen LogP contribution in [0.1, 0.15) is 58.4 Å². The molecule has 0 saturated carbocycles. The highest BCUT2D eigenvalue weighted by atomic mass is 32.2. The van der Waals surface area contributed by atoms with Gasteiger partial charge in [-0.2, -0.15) is 0 Å². The molecule has 2 N–H and O–H groups in total. The maximum absolute atomic E-state index is 12.3. The molecule has 3 rings (SSSR count). The van der Waals surface area contributed by atoms with Crippen molar-refractivity contribution in [1.29, 1.82) is 0 Å². The van der Waals surface area contributed by atoms with Crippen molar-refractivity contribution in [1.82, 2.24) is 4.90 Å². The number of imide groups is 1. The molecule has 0 aromatic heterocycles. The summed E-state index contributed by atoms with van der Waals surface area (Å²) in [5, 5.41) is 5.31. The molecule has 2 aromatic carbocycles. The number of hydrogen-bond acceptors (Lipinski definition) is 5. The van der Waals surface area contributed by atoms with Gasteiger partial charge in [-0.1, -0.05) is 55.3 Å². The van der Waals surface area contributed by atoms with Crippen LogP contribution >= 0.6 is 0 Å². The predicted octanol–water partition coefficient (Wildman–Crippen LogP) is 3.06. The Morgan fingerprint density at radius 1 is 0.833 bits per heavy atom. The van der Waals surface area contributed by atoms with Crippen LogP contribution in [-0.2, 0) is 21.4 Å². The number of sulfonamides is 1. The van der Waals surface area contributed by atoms with Gasteiger partial charge in [-0.25, -0.2) is 13.6 Å². The van der Waals surface area contributed by atoms with E-state index in [0.29, 0.717) is 36.9 Å². The second kappa shape index (κ2) is 9.97. The zero-order chi connectivity index (χ0) is 21.6. The van der Waals surface area contributed by atoms with Gasteiger partial charge in [0.05, 0.1) is 17.7 Å². The van der Waals surface area contributed by atoms with Crippen LogP contribution in [0.4, 0.5) is 0 Å². The molecule has 160 valence electrons. The molecular formula is C22H26N2O5S. The van der Waals surface area contributed by atoms with Crippen molar-refractivity contribution in [3.8, 4) is 0 Å². The van der Waals surface area contributed by atoms with Crippen LogP contribution in [0.5, 0.6) is 0 Å². The lowest BCUT2D eigenvalue weighted by Crippen LogP contribution is -2.31. The highest BCUT2D eigenvalue weighted by Gasteiger charge is 2.34. The van der Waals surface area contributed by atoms with Crippen molar-refractivity contribution in [2.45, 2.75) is 44.1 Å². The van der Waals surface area contributed by atoms with Crippen LogP contribution in [0.15, 0.2) is 54.6 Å². The fraction of sp³-hybridized carbons (Fsp3) is 0.364. The van der Waals surface area contributed by atoms with Crippen LogP contribution in [0.25, 0.3) is 0 Å². The number of benzene rings is 2. The Labute approximate surface area is 176 Å². The number of ether oxygens (including phenoxy) is 1. The molecule has 0 aliphatic carbocycles. The average Bonchev–Trinajstić information content (AvgIpc) is 2.97. The quantitative estimate of drug-likeness (QED) is 0.435. The molecule has 2 amide bonds. The van der Waals surface area contributed by atoms with Gasteiger partial charge in [-0.3, -0.25) is 14.5 Å². The van der Waals surface area contributed by atoms with Gasteiger partial charge in [0.2, 0.25) is 10.0 Å². The van der Waals surface area contributed by atoms with E-state index in [1.165, 1.54) is 4.90 Å². The van der Waals surface area contributed by atoms with Gasteiger partial charge in [-0.05, 0) is 37.0 Å². The van der Waals surface area contributed by atoms with Gasteiger partial charge in [0.15, 0.2) is 5.44 Å². The fourth-order valence-corrected chi connectivity index (χ4v) is 4.24. The number of rotatable bonds is 11. The summed E-state index contributed by atoms with van der Waals surface area (Å²) in [5.74, 6) is -0.501. The molecule has 1 aliphatic heterocycles. The Morgan fingerprint density at radius 3 is 2.00 bits per heavy atom. The first-order chi connectivity index (χ1) is 14.4. The first-order valence-electron chi connectivity index (χ1n) is 10.0. The van der Waals surface area contributed by atoms with Crippen LogP contribution in [0.3, 0.4) is 0 Å². The number of primary sulfonamides is 1.